The lowest BCUT2D eigenvalue weighted by atomic mass is 9.99. The van der Waals surface area contributed by atoms with Gasteiger partial charge in [-0.3, -0.25) is 4.79 Å². The van der Waals surface area contributed by atoms with Crippen LogP contribution in [0.5, 0.6) is 0 Å². The van der Waals surface area contributed by atoms with E-state index in [1.54, 1.807) is 0 Å². The van der Waals surface area contributed by atoms with Gasteiger partial charge < -0.3 is 4.74 Å². The summed E-state index contributed by atoms with van der Waals surface area (Å²) < 4.78 is 5.04. The molecule has 0 aromatic rings. The fourth-order valence-electron chi connectivity index (χ4n) is 0.601. The molecule has 2 unspecified atom stereocenters. The standard InChI is InChI=1S/C9H17BrO2/c1-6(2)8(4)9(11)12-5-7(3)10/h6-8H,5H2,1-4H3. The smallest absolute Gasteiger partial charge is 0.308 e. The second kappa shape index (κ2) is 5.57. The predicted octanol–water partition coefficient (Wildman–Crippen LogP) is 2.61. The molecule has 0 aliphatic rings. The highest BCUT2D eigenvalue weighted by Gasteiger charge is 2.18. The maximum absolute atomic E-state index is 11.2. The molecule has 72 valence electrons. The number of carbonyl (C=O) groups excluding carboxylic acids is 1. The third-order valence-corrected chi connectivity index (χ3v) is 2.09. The van der Waals surface area contributed by atoms with E-state index in [9.17, 15) is 4.79 Å². The summed E-state index contributed by atoms with van der Waals surface area (Å²) in [5.41, 5.74) is 0. The molecule has 2 nitrogen and oxygen atoms in total. The summed E-state index contributed by atoms with van der Waals surface area (Å²) in [5.74, 6) is 0.246. The Kier molecular flexibility index (Phi) is 5.55. The van der Waals surface area contributed by atoms with Gasteiger partial charge in [-0.05, 0) is 12.8 Å². The molecule has 0 bridgehead atoms. The van der Waals surface area contributed by atoms with Crippen molar-refractivity contribution in [1.29, 1.82) is 0 Å². The monoisotopic (exact) mass is 236 g/mol. The molecule has 0 aromatic heterocycles. The zero-order chi connectivity index (χ0) is 9.72. The van der Waals surface area contributed by atoms with Gasteiger partial charge in [-0.1, -0.05) is 36.7 Å². The number of ether oxygens (including phenoxy) is 1. The molecule has 12 heavy (non-hydrogen) atoms. The van der Waals surface area contributed by atoms with Crippen LogP contribution in [0.4, 0.5) is 0 Å². The molecule has 0 N–H and O–H groups in total. The highest BCUT2D eigenvalue weighted by molar-refractivity contribution is 9.09. The summed E-state index contributed by atoms with van der Waals surface area (Å²) in [7, 11) is 0. The minimum absolute atomic E-state index is 0.00347. The van der Waals surface area contributed by atoms with Crippen LogP contribution in [0.25, 0.3) is 0 Å². The summed E-state index contributed by atoms with van der Waals surface area (Å²) in [6.45, 7) is 8.34. The highest BCUT2D eigenvalue weighted by atomic mass is 79.9. The Hall–Kier alpha value is -0.0500. The van der Waals surface area contributed by atoms with Crippen molar-refractivity contribution in [3.05, 3.63) is 0 Å². The number of carbonyl (C=O) groups is 1. The van der Waals surface area contributed by atoms with E-state index >= 15 is 0 Å². The van der Waals surface area contributed by atoms with E-state index in [1.165, 1.54) is 0 Å². The fourth-order valence-corrected chi connectivity index (χ4v) is 0.733. The molecular weight excluding hydrogens is 220 g/mol. The molecular formula is C9H17BrO2. The van der Waals surface area contributed by atoms with Crippen LogP contribution in [0.1, 0.15) is 27.7 Å². The van der Waals surface area contributed by atoms with Gasteiger partial charge in [-0.2, -0.15) is 0 Å². The van der Waals surface area contributed by atoms with Crippen LogP contribution in [0, 0.1) is 11.8 Å². The van der Waals surface area contributed by atoms with Crippen LogP contribution in [-0.4, -0.2) is 17.4 Å². The van der Waals surface area contributed by atoms with Gasteiger partial charge in [0.1, 0.15) is 6.61 Å². The second-order valence-corrected chi connectivity index (χ2v) is 5.01. The maximum Gasteiger partial charge on any atom is 0.308 e. The predicted molar refractivity (Wildman–Crippen MR) is 53.4 cm³/mol. The van der Waals surface area contributed by atoms with Crippen molar-refractivity contribution in [1.82, 2.24) is 0 Å². The number of hydrogen-bond acceptors (Lipinski definition) is 2. The van der Waals surface area contributed by atoms with Gasteiger partial charge in [0, 0.05) is 4.83 Å². The lowest BCUT2D eigenvalue weighted by Gasteiger charge is -2.14. The Bertz CT molecular complexity index is 143. The lowest BCUT2D eigenvalue weighted by Crippen LogP contribution is -2.21. The van der Waals surface area contributed by atoms with Gasteiger partial charge in [0.05, 0.1) is 5.92 Å². The van der Waals surface area contributed by atoms with E-state index in [2.05, 4.69) is 15.9 Å². The Morgan fingerprint density at radius 3 is 2.17 bits per heavy atom. The van der Waals surface area contributed by atoms with Crippen LogP contribution in [0.3, 0.4) is 0 Å². The van der Waals surface area contributed by atoms with E-state index in [-0.39, 0.29) is 16.7 Å². The normalized spacial score (nSPS) is 15.8. The van der Waals surface area contributed by atoms with Crippen molar-refractivity contribution in [2.24, 2.45) is 11.8 Å². The molecule has 0 saturated heterocycles. The topological polar surface area (TPSA) is 26.3 Å². The van der Waals surface area contributed by atoms with Gasteiger partial charge >= 0.3 is 5.97 Å². The number of rotatable bonds is 4. The molecule has 0 radical (unpaired) electrons. The van der Waals surface area contributed by atoms with Gasteiger partial charge in [0.2, 0.25) is 0 Å². The number of alkyl halides is 1. The summed E-state index contributed by atoms with van der Waals surface area (Å²) in [4.78, 5) is 11.5. The Morgan fingerprint density at radius 1 is 1.33 bits per heavy atom. The largest absolute Gasteiger partial charge is 0.464 e. The zero-order valence-corrected chi connectivity index (χ0v) is 9.72. The van der Waals surface area contributed by atoms with Crippen LogP contribution < -0.4 is 0 Å². The number of hydrogen-bond donors (Lipinski definition) is 0. The molecule has 0 saturated carbocycles. The second-order valence-electron chi connectivity index (χ2n) is 3.44. The zero-order valence-electron chi connectivity index (χ0n) is 8.13. The highest BCUT2D eigenvalue weighted by Crippen LogP contribution is 2.12. The molecule has 0 aliphatic carbocycles. The van der Waals surface area contributed by atoms with E-state index < -0.39 is 0 Å². The quantitative estimate of drug-likeness (QED) is 0.555. The van der Waals surface area contributed by atoms with E-state index in [1.807, 2.05) is 27.7 Å². The summed E-state index contributed by atoms with van der Waals surface area (Å²) >= 11 is 3.31. The molecule has 0 amide bonds. The van der Waals surface area contributed by atoms with Crippen molar-refractivity contribution in [2.45, 2.75) is 32.5 Å². The number of halogens is 1. The van der Waals surface area contributed by atoms with Crippen molar-refractivity contribution in [3.63, 3.8) is 0 Å². The van der Waals surface area contributed by atoms with Crippen molar-refractivity contribution >= 4 is 21.9 Å². The average Bonchev–Trinajstić information content (AvgIpc) is 1.98. The molecule has 0 fully saturated rings. The molecule has 0 rings (SSSR count). The first-order chi connectivity index (χ1) is 5.45. The Morgan fingerprint density at radius 2 is 1.83 bits per heavy atom. The van der Waals surface area contributed by atoms with E-state index in [0.29, 0.717) is 12.5 Å². The van der Waals surface area contributed by atoms with Crippen molar-refractivity contribution < 1.29 is 9.53 Å². The van der Waals surface area contributed by atoms with Gasteiger partial charge in [-0.15, -0.1) is 0 Å². The van der Waals surface area contributed by atoms with Crippen LogP contribution in [0.15, 0.2) is 0 Å². The summed E-state index contributed by atoms with van der Waals surface area (Å²) in [6.07, 6.45) is 0. The first-order valence-electron chi connectivity index (χ1n) is 4.25. The third-order valence-electron chi connectivity index (χ3n) is 1.83. The van der Waals surface area contributed by atoms with E-state index in [0.717, 1.165) is 0 Å². The first kappa shape index (κ1) is 11.9. The van der Waals surface area contributed by atoms with Crippen LogP contribution in [0.2, 0.25) is 0 Å². The molecule has 3 heteroatoms. The molecule has 0 heterocycles. The first-order valence-corrected chi connectivity index (χ1v) is 5.17. The Balaban J connectivity index is 3.72. The van der Waals surface area contributed by atoms with Gasteiger partial charge in [0.25, 0.3) is 0 Å². The van der Waals surface area contributed by atoms with Crippen LogP contribution in [-0.2, 0) is 9.53 Å². The average molecular weight is 237 g/mol. The Labute approximate surface area is 82.8 Å². The molecule has 2 atom stereocenters. The SMILES string of the molecule is CC(Br)COC(=O)C(C)C(C)C. The lowest BCUT2D eigenvalue weighted by molar-refractivity contribution is -0.149. The summed E-state index contributed by atoms with van der Waals surface area (Å²) in [5, 5.41) is 0. The van der Waals surface area contributed by atoms with Gasteiger partial charge in [0.15, 0.2) is 0 Å². The van der Waals surface area contributed by atoms with Crippen molar-refractivity contribution in [2.75, 3.05) is 6.61 Å². The molecule has 0 aromatic carbocycles. The fraction of sp³-hybridized carbons (Fsp3) is 0.889. The van der Waals surface area contributed by atoms with E-state index in [4.69, 9.17) is 4.74 Å². The van der Waals surface area contributed by atoms with Gasteiger partial charge in [-0.25, -0.2) is 0 Å². The molecule has 0 spiro atoms. The minimum Gasteiger partial charge on any atom is -0.464 e. The minimum atomic E-state index is -0.101. The molecule has 0 aliphatic heterocycles. The van der Waals surface area contributed by atoms with Crippen molar-refractivity contribution in [3.8, 4) is 0 Å². The summed E-state index contributed by atoms with van der Waals surface area (Å²) in [6, 6.07) is 0. The van der Waals surface area contributed by atoms with Crippen LogP contribution >= 0.6 is 15.9 Å². The third kappa shape index (κ3) is 4.75. The number of esters is 1. The maximum atomic E-state index is 11.2.